The van der Waals surface area contributed by atoms with E-state index in [0.717, 1.165) is 12.0 Å². The molecule has 2 N–H and O–H groups in total. The smallest absolute Gasteiger partial charge is 0.322 e. The molecule has 0 aromatic heterocycles. The molecule has 5 nitrogen and oxygen atoms in total. The molecular formula is C18H20N2O3S. The molecule has 2 amide bonds. The van der Waals surface area contributed by atoms with Crippen molar-refractivity contribution < 1.29 is 14.1 Å². The number of hydrogen-bond donors (Lipinski definition) is 2. The van der Waals surface area contributed by atoms with Crippen molar-refractivity contribution in [3.63, 3.8) is 0 Å². The molecule has 0 saturated heterocycles. The number of aliphatic hydroxyl groups excluding tert-OH is 1. The monoisotopic (exact) mass is 344 g/mol. The van der Waals surface area contributed by atoms with Gasteiger partial charge in [0.1, 0.15) is 0 Å². The highest BCUT2D eigenvalue weighted by molar-refractivity contribution is 7.84. The van der Waals surface area contributed by atoms with E-state index in [1.54, 1.807) is 35.4 Å². The van der Waals surface area contributed by atoms with Crippen LogP contribution in [-0.4, -0.2) is 39.7 Å². The van der Waals surface area contributed by atoms with Crippen LogP contribution < -0.4 is 5.32 Å². The van der Waals surface area contributed by atoms with Crippen molar-refractivity contribution in [1.82, 2.24) is 4.90 Å². The molecule has 2 unspecified atom stereocenters. The first-order valence-electron chi connectivity index (χ1n) is 7.80. The van der Waals surface area contributed by atoms with Gasteiger partial charge in [0.15, 0.2) is 0 Å². The number of hydrogen-bond acceptors (Lipinski definition) is 3. The predicted molar refractivity (Wildman–Crippen MR) is 94.5 cm³/mol. The molecule has 1 aliphatic rings. The van der Waals surface area contributed by atoms with Gasteiger partial charge in [-0.05, 0) is 41.8 Å². The number of nitrogens with zero attached hydrogens (tertiary/aromatic N) is 1. The van der Waals surface area contributed by atoms with E-state index >= 15 is 0 Å². The Bertz CT molecular complexity index is 761. The lowest BCUT2D eigenvalue weighted by Gasteiger charge is -2.36. The van der Waals surface area contributed by atoms with Gasteiger partial charge in [0.25, 0.3) is 0 Å². The maximum absolute atomic E-state index is 12.6. The van der Waals surface area contributed by atoms with Crippen LogP contribution in [0.25, 0.3) is 0 Å². The first-order valence-corrected chi connectivity index (χ1v) is 9.35. The van der Waals surface area contributed by atoms with Gasteiger partial charge in [-0.25, -0.2) is 4.79 Å². The maximum Gasteiger partial charge on any atom is 0.322 e. The average molecular weight is 344 g/mol. The lowest BCUT2D eigenvalue weighted by Crippen LogP contribution is -2.43. The fourth-order valence-corrected chi connectivity index (χ4v) is 3.54. The molecule has 24 heavy (non-hydrogen) atoms. The van der Waals surface area contributed by atoms with E-state index in [0.29, 0.717) is 17.1 Å². The number of fused-ring (bicyclic) bond motifs is 1. The summed E-state index contributed by atoms with van der Waals surface area (Å²) in [5, 5.41) is 12.6. The Kier molecular flexibility index (Phi) is 4.97. The Hall–Kier alpha value is -2.18. The van der Waals surface area contributed by atoms with Gasteiger partial charge >= 0.3 is 6.03 Å². The van der Waals surface area contributed by atoms with Crippen molar-refractivity contribution in [2.75, 3.05) is 24.7 Å². The number of benzene rings is 2. The standard InChI is InChI=1S/C18H20N2O3S/c1-24(23)15-8-6-14(7-9-15)19-18(22)20-11-10-13-4-2-3-5-16(13)17(20)12-21/h2-9,17,21H,10-12H2,1H3,(H,19,22). The van der Waals surface area contributed by atoms with Crippen LogP contribution in [0.15, 0.2) is 53.4 Å². The van der Waals surface area contributed by atoms with Gasteiger partial charge in [-0.3, -0.25) is 4.21 Å². The first kappa shape index (κ1) is 16.7. The summed E-state index contributed by atoms with van der Waals surface area (Å²) < 4.78 is 11.4. The molecule has 2 aromatic carbocycles. The van der Waals surface area contributed by atoms with Crippen LogP contribution >= 0.6 is 0 Å². The average Bonchev–Trinajstić information content (AvgIpc) is 2.61. The predicted octanol–water partition coefficient (Wildman–Crippen LogP) is 2.55. The van der Waals surface area contributed by atoms with Gasteiger partial charge in [-0.1, -0.05) is 24.3 Å². The fraction of sp³-hybridized carbons (Fsp3) is 0.278. The van der Waals surface area contributed by atoms with E-state index in [1.807, 2.05) is 24.3 Å². The fourth-order valence-electron chi connectivity index (χ4n) is 3.02. The second-order valence-corrected chi connectivity index (χ2v) is 7.13. The summed E-state index contributed by atoms with van der Waals surface area (Å²) in [4.78, 5) is 15.0. The van der Waals surface area contributed by atoms with Crippen LogP contribution in [0, 0.1) is 0 Å². The van der Waals surface area contributed by atoms with E-state index in [1.165, 1.54) is 5.56 Å². The van der Waals surface area contributed by atoms with Crippen molar-refractivity contribution in [1.29, 1.82) is 0 Å². The SMILES string of the molecule is CS(=O)c1ccc(NC(=O)N2CCc3ccccc3C2CO)cc1. The minimum Gasteiger partial charge on any atom is -0.394 e. The highest BCUT2D eigenvalue weighted by Gasteiger charge is 2.30. The second kappa shape index (κ2) is 7.15. The van der Waals surface area contributed by atoms with Crippen molar-refractivity contribution in [3.05, 3.63) is 59.7 Å². The number of urea groups is 1. The van der Waals surface area contributed by atoms with Gasteiger partial charge in [0.05, 0.1) is 12.6 Å². The van der Waals surface area contributed by atoms with Gasteiger partial charge in [-0.2, -0.15) is 0 Å². The van der Waals surface area contributed by atoms with E-state index < -0.39 is 10.8 Å². The third-order valence-corrected chi connectivity index (χ3v) is 5.22. The molecule has 1 heterocycles. The van der Waals surface area contributed by atoms with Gasteiger partial charge < -0.3 is 15.3 Å². The number of rotatable bonds is 3. The normalized spacial score (nSPS) is 17.9. The molecule has 0 radical (unpaired) electrons. The molecule has 0 bridgehead atoms. The minimum atomic E-state index is -1.04. The van der Waals surface area contributed by atoms with Crippen LogP contribution in [0.4, 0.5) is 10.5 Å². The molecule has 126 valence electrons. The molecule has 0 aliphatic carbocycles. The Morgan fingerprint density at radius 3 is 2.62 bits per heavy atom. The zero-order valence-electron chi connectivity index (χ0n) is 13.4. The molecule has 6 heteroatoms. The summed E-state index contributed by atoms with van der Waals surface area (Å²) in [5.74, 6) is 0. The summed E-state index contributed by atoms with van der Waals surface area (Å²) in [6.07, 6.45) is 2.39. The van der Waals surface area contributed by atoms with E-state index in [9.17, 15) is 14.1 Å². The zero-order valence-corrected chi connectivity index (χ0v) is 14.3. The van der Waals surface area contributed by atoms with E-state index in [4.69, 9.17) is 0 Å². The lowest BCUT2D eigenvalue weighted by molar-refractivity contribution is 0.135. The van der Waals surface area contributed by atoms with Gasteiger partial charge in [0.2, 0.25) is 0 Å². The number of aliphatic hydroxyl groups is 1. The largest absolute Gasteiger partial charge is 0.394 e. The van der Waals surface area contributed by atoms with Crippen LogP contribution in [-0.2, 0) is 17.2 Å². The second-order valence-electron chi connectivity index (χ2n) is 5.75. The van der Waals surface area contributed by atoms with Gasteiger partial charge in [0, 0.05) is 34.2 Å². The summed E-state index contributed by atoms with van der Waals surface area (Å²) in [6, 6.07) is 14.3. The third-order valence-electron chi connectivity index (χ3n) is 4.28. The Balaban J connectivity index is 1.76. The van der Waals surface area contributed by atoms with E-state index in [2.05, 4.69) is 5.32 Å². The molecule has 2 atom stereocenters. The Morgan fingerprint density at radius 1 is 1.25 bits per heavy atom. The Morgan fingerprint density at radius 2 is 1.96 bits per heavy atom. The first-order chi connectivity index (χ1) is 11.6. The zero-order chi connectivity index (χ0) is 17.1. The highest BCUT2D eigenvalue weighted by Crippen LogP contribution is 2.29. The van der Waals surface area contributed by atoms with Crippen molar-refractivity contribution in [2.45, 2.75) is 17.4 Å². The molecule has 1 aliphatic heterocycles. The van der Waals surface area contributed by atoms with Crippen LogP contribution in [0.3, 0.4) is 0 Å². The number of carbonyl (C=O) groups is 1. The molecule has 2 aromatic rings. The van der Waals surface area contributed by atoms with Gasteiger partial charge in [-0.15, -0.1) is 0 Å². The molecule has 0 fully saturated rings. The third kappa shape index (κ3) is 3.34. The quantitative estimate of drug-likeness (QED) is 0.899. The van der Waals surface area contributed by atoms with Crippen LogP contribution in [0.1, 0.15) is 17.2 Å². The highest BCUT2D eigenvalue weighted by atomic mass is 32.2. The maximum atomic E-state index is 12.6. The molecular weight excluding hydrogens is 324 g/mol. The van der Waals surface area contributed by atoms with Crippen LogP contribution in [0.2, 0.25) is 0 Å². The van der Waals surface area contributed by atoms with Crippen molar-refractivity contribution >= 4 is 22.5 Å². The number of carbonyl (C=O) groups excluding carboxylic acids is 1. The molecule has 0 saturated carbocycles. The molecule has 0 spiro atoms. The topological polar surface area (TPSA) is 69.6 Å². The summed E-state index contributed by atoms with van der Waals surface area (Å²) >= 11 is 0. The summed E-state index contributed by atoms with van der Waals surface area (Å²) in [5.41, 5.74) is 2.82. The number of amides is 2. The van der Waals surface area contributed by atoms with Crippen molar-refractivity contribution in [2.24, 2.45) is 0 Å². The minimum absolute atomic E-state index is 0.113. The van der Waals surface area contributed by atoms with Crippen LogP contribution in [0.5, 0.6) is 0 Å². The van der Waals surface area contributed by atoms with Crippen molar-refractivity contribution in [3.8, 4) is 0 Å². The summed E-state index contributed by atoms with van der Waals surface area (Å²) in [6.45, 7) is 0.448. The van der Waals surface area contributed by atoms with E-state index in [-0.39, 0.29) is 18.7 Å². The summed E-state index contributed by atoms with van der Waals surface area (Å²) in [7, 11) is -1.04. The lowest BCUT2D eigenvalue weighted by atomic mass is 9.93. The number of nitrogens with one attached hydrogen (secondary N) is 1. The Labute approximate surface area is 143 Å². The number of anilines is 1. The molecule has 3 rings (SSSR count).